The molecule has 0 radical (unpaired) electrons. The van der Waals surface area contributed by atoms with Crippen molar-refractivity contribution < 1.29 is 26.9 Å². The molecule has 8 heteroatoms. The average Bonchev–Trinajstić information content (AvgIpc) is 2.52. The highest BCUT2D eigenvalue weighted by molar-refractivity contribution is 7.84. The number of ether oxygens (including phenoxy) is 1. The SMILES string of the molecule is CCCCCCCCC[C@@H](C(=O)OC(C)(C)C)[C@@H](N[S@](=O)C(C)(C)C)C(F)(F)F. The van der Waals surface area contributed by atoms with E-state index in [0.29, 0.717) is 6.42 Å². The van der Waals surface area contributed by atoms with Gasteiger partial charge in [0.05, 0.1) is 21.7 Å². The molecule has 0 spiro atoms. The van der Waals surface area contributed by atoms with Crippen LogP contribution in [-0.4, -0.2) is 32.7 Å². The van der Waals surface area contributed by atoms with Crippen LogP contribution in [-0.2, 0) is 20.5 Å². The number of esters is 1. The summed E-state index contributed by atoms with van der Waals surface area (Å²) in [6.07, 6.45) is 1.94. The van der Waals surface area contributed by atoms with Gasteiger partial charge in [0.15, 0.2) is 0 Å². The predicted octanol–water partition coefficient (Wildman–Crippen LogP) is 6.07. The fraction of sp³-hybridized carbons (Fsp3) is 0.952. The topological polar surface area (TPSA) is 55.4 Å². The van der Waals surface area contributed by atoms with Crippen LogP contribution in [0.25, 0.3) is 0 Å². The zero-order valence-corrected chi connectivity index (χ0v) is 19.9. The van der Waals surface area contributed by atoms with Gasteiger partial charge in [0.1, 0.15) is 11.6 Å². The van der Waals surface area contributed by atoms with E-state index in [4.69, 9.17) is 4.74 Å². The van der Waals surface area contributed by atoms with Crippen molar-refractivity contribution in [3.8, 4) is 0 Å². The van der Waals surface area contributed by atoms with Gasteiger partial charge in [-0.05, 0) is 48.0 Å². The van der Waals surface area contributed by atoms with Crippen LogP contribution in [0.1, 0.15) is 99.8 Å². The van der Waals surface area contributed by atoms with Crippen LogP contribution in [0.15, 0.2) is 0 Å². The molecule has 0 fully saturated rings. The number of carbonyl (C=O) groups is 1. The summed E-state index contributed by atoms with van der Waals surface area (Å²) in [5.74, 6) is -2.33. The summed E-state index contributed by atoms with van der Waals surface area (Å²) in [6.45, 7) is 11.8. The first kappa shape index (κ1) is 28.4. The van der Waals surface area contributed by atoms with Gasteiger partial charge in [-0.2, -0.15) is 13.2 Å². The fourth-order valence-electron chi connectivity index (χ4n) is 2.79. The number of nitrogens with one attached hydrogen (secondary N) is 1. The number of unbranched alkanes of at least 4 members (excludes halogenated alkanes) is 6. The Morgan fingerprint density at radius 3 is 1.83 bits per heavy atom. The van der Waals surface area contributed by atoms with Gasteiger partial charge in [-0.1, -0.05) is 51.9 Å². The lowest BCUT2D eigenvalue weighted by Gasteiger charge is -2.32. The molecule has 0 aromatic carbocycles. The molecule has 0 aliphatic rings. The van der Waals surface area contributed by atoms with Gasteiger partial charge < -0.3 is 4.74 Å². The minimum Gasteiger partial charge on any atom is -0.460 e. The van der Waals surface area contributed by atoms with E-state index in [0.717, 1.165) is 38.5 Å². The maximum absolute atomic E-state index is 13.8. The van der Waals surface area contributed by atoms with Crippen molar-refractivity contribution in [3.05, 3.63) is 0 Å². The highest BCUT2D eigenvalue weighted by Gasteiger charge is 2.49. The fourth-order valence-corrected chi connectivity index (χ4v) is 3.67. The molecule has 0 heterocycles. The molecule has 29 heavy (non-hydrogen) atoms. The summed E-state index contributed by atoms with van der Waals surface area (Å²) in [5.41, 5.74) is -0.894. The standard InChI is InChI=1S/C21H40F3NO3S/c1-8-9-10-11-12-13-14-15-16(18(26)28-19(2,3)4)17(21(22,23)24)25-29(27)20(5,6)7/h16-17,25H,8-15H2,1-7H3/t16-,17-,29-/m1/s1. The van der Waals surface area contributed by atoms with Gasteiger partial charge in [-0.3, -0.25) is 4.79 Å². The maximum Gasteiger partial charge on any atom is 0.405 e. The molecule has 4 nitrogen and oxygen atoms in total. The third kappa shape index (κ3) is 12.6. The third-order valence-corrected chi connectivity index (χ3v) is 5.95. The van der Waals surface area contributed by atoms with Crippen molar-refractivity contribution in [1.29, 1.82) is 0 Å². The smallest absolute Gasteiger partial charge is 0.405 e. The lowest BCUT2D eigenvalue weighted by molar-refractivity contribution is -0.185. The van der Waals surface area contributed by atoms with Crippen LogP contribution in [0.3, 0.4) is 0 Å². The van der Waals surface area contributed by atoms with Gasteiger partial charge in [-0.15, -0.1) is 0 Å². The highest BCUT2D eigenvalue weighted by atomic mass is 32.2. The number of alkyl halides is 3. The van der Waals surface area contributed by atoms with Gasteiger partial charge in [-0.25, -0.2) is 8.93 Å². The predicted molar refractivity (Wildman–Crippen MR) is 113 cm³/mol. The van der Waals surface area contributed by atoms with Crippen LogP contribution in [0.5, 0.6) is 0 Å². The molecule has 0 unspecified atom stereocenters. The van der Waals surface area contributed by atoms with Crippen molar-refractivity contribution in [2.45, 2.75) is 122 Å². The molecule has 0 saturated heterocycles. The Morgan fingerprint density at radius 2 is 1.41 bits per heavy atom. The number of hydrogen-bond acceptors (Lipinski definition) is 3. The first-order valence-electron chi connectivity index (χ1n) is 10.6. The van der Waals surface area contributed by atoms with E-state index in [9.17, 15) is 22.2 Å². The summed E-state index contributed by atoms with van der Waals surface area (Å²) in [7, 11) is -1.96. The van der Waals surface area contributed by atoms with Crippen LogP contribution in [0, 0.1) is 5.92 Å². The van der Waals surface area contributed by atoms with E-state index in [1.807, 2.05) is 0 Å². The molecule has 174 valence electrons. The molecule has 0 rings (SSSR count). The summed E-state index contributed by atoms with van der Waals surface area (Å²) in [5, 5.41) is 0. The molecule has 3 atom stereocenters. The highest BCUT2D eigenvalue weighted by Crippen LogP contribution is 2.32. The monoisotopic (exact) mass is 443 g/mol. The summed E-state index contributed by atoms with van der Waals surface area (Å²) >= 11 is 0. The average molecular weight is 444 g/mol. The van der Waals surface area contributed by atoms with Gasteiger partial charge in [0, 0.05) is 0 Å². The zero-order chi connectivity index (χ0) is 22.9. The van der Waals surface area contributed by atoms with Gasteiger partial charge in [0.2, 0.25) is 0 Å². The number of halogens is 3. The number of carbonyl (C=O) groups excluding carboxylic acids is 1. The van der Waals surface area contributed by atoms with Crippen LogP contribution in [0.4, 0.5) is 13.2 Å². The minimum absolute atomic E-state index is 0.0429. The van der Waals surface area contributed by atoms with E-state index in [1.54, 1.807) is 41.5 Å². The third-order valence-electron chi connectivity index (χ3n) is 4.37. The molecule has 0 bridgehead atoms. The summed E-state index contributed by atoms with van der Waals surface area (Å²) in [6, 6.07) is -2.21. The molecular weight excluding hydrogens is 403 g/mol. The second kappa shape index (κ2) is 12.3. The second-order valence-electron chi connectivity index (χ2n) is 9.57. The maximum atomic E-state index is 13.8. The molecule has 0 aromatic heterocycles. The van der Waals surface area contributed by atoms with Crippen molar-refractivity contribution >= 4 is 17.0 Å². The van der Waals surface area contributed by atoms with E-state index in [-0.39, 0.29) is 6.42 Å². The van der Waals surface area contributed by atoms with E-state index in [1.165, 1.54) is 0 Å². The van der Waals surface area contributed by atoms with Crippen LogP contribution in [0.2, 0.25) is 0 Å². The largest absolute Gasteiger partial charge is 0.460 e. The molecular formula is C21H40F3NO3S. The Kier molecular flexibility index (Phi) is 12.0. The van der Waals surface area contributed by atoms with Gasteiger partial charge >= 0.3 is 12.1 Å². The van der Waals surface area contributed by atoms with E-state index in [2.05, 4.69) is 11.6 Å². The molecule has 0 aliphatic carbocycles. The first-order chi connectivity index (χ1) is 13.1. The summed E-state index contributed by atoms with van der Waals surface area (Å²) in [4.78, 5) is 12.6. The second-order valence-corrected chi connectivity index (χ2v) is 11.6. The minimum atomic E-state index is -4.72. The Bertz CT molecular complexity index is 511. The normalized spacial score (nSPS) is 16.3. The summed E-state index contributed by atoms with van der Waals surface area (Å²) < 4.78 is 60.4. The Balaban J connectivity index is 5.32. The Labute approximate surface area is 177 Å². The number of hydrogen-bond donors (Lipinski definition) is 1. The number of rotatable bonds is 12. The lowest BCUT2D eigenvalue weighted by atomic mass is 9.92. The van der Waals surface area contributed by atoms with Crippen LogP contribution >= 0.6 is 0 Å². The zero-order valence-electron chi connectivity index (χ0n) is 19.1. The molecule has 0 aromatic rings. The molecule has 0 aliphatic heterocycles. The Hall–Kier alpha value is -0.630. The van der Waals surface area contributed by atoms with Gasteiger partial charge in [0.25, 0.3) is 0 Å². The lowest BCUT2D eigenvalue weighted by Crippen LogP contribution is -2.54. The van der Waals surface area contributed by atoms with Crippen molar-refractivity contribution in [2.75, 3.05) is 0 Å². The van der Waals surface area contributed by atoms with E-state index >= 15 is 0 Å². The molecule has 0 saturated carbocycles. The van der Waals surface area contributed by atoms with Crippen molar-refractivity contribution in [1.82, 2.24) is 4.72 Å². The first-order valence-corrected chi connectivity index (χ1v) is 11.7. The molecule has 0 amide bonds. The quantitative estimate of drug-likeness (QED) is 0.294. The molecule has 1 N–H and O–H groups in total. The Morgan fingerprint density at radius 1 is 0.931 bits per heavy atom. The van der Waals surface area contributed by atoms with Crippen molar-refractivity contribution in [2.24, 2.45) is 5.92 Å². The van der Waals surface area contributed by atoms with Crippen LogP contribution < -0.4 is 4.72 Å². The van der Waals surface area contributed by atoms with E-state index < -0.39 is 45.4 Å². The van der Waals surface area contributed by atoms with Crippen molar-refractivity contribution in [3.63, 3.8) is 0 Å².